The molecule has 0 aliphatic carbocycles. The lowest BCUT2D eigenvalue weighted by molar-refractivity contribution is 0.182. The number of nitrogens with zero attached hydrogens (tertiary/aromatic N) is 3. The molecule has 1 unspecified atom stereocenters. The van der Waals surface area contributed by atoms with Gasteiger partial charge in [-0.1, -0.05) is 0 Å². The van der Waals surface area contributed by atoms with Gasteiger partial charge >= 0.3 is 0 Å². The first-order valence-corrected chi connectivity index (χ1v) is 5.31. The Morgan fingerprint density at radius 2 is 2.38 bits per heavy atom. The molecule has 2 aromatic rings. The highest BCUT2D eigenvalue weighted by molar-refractivity contribution is 5.73. The van der Waals surface area contributed by atoms with E-state index in [1.165, 1.54) is 0 Å². The van der Waals surface area contributed by atoms with E-state index in [0.29, 0.717) is 12.6 Å². The molecule has 2 N–H and O–H groups in total. The van der Waals surface area contributed by atoms with Crippen LogP contribution in [-0.2, 0) is 4.74 Å². The first-order valence-electron chi connectivity index (χ1n) is 5.31. The number of anilines is 1. The van der Waals surface area contributed by atoms with E-state index in [4.69, 9.17) is 10.5 Å². The van der Waals surface area contributed by atoms with Crippen molar-refractivity contribution in [3.05, 3.63) is 18.3 Å². The summed E-state index contributed by atoms with van der Waals surface area (Å²) in [5, 5.41) is 0. The van der Waals surface area contributed by atoms with Gasteiger partial charge in [-0.3, -0.25) is 4.57 Å². The molecule has 0 aliphatic heterocycles. The summed E-state index contributed by atoms with van der Waals surface area (Å²) < 4.78 is 7.02. The molecule has 2 rings (SSSR count). The molecule has 86 valence electrons. The minimum absolute atomic E-state index is 0.236. The van der Waals surface area contributed by atoms with Crippen LogP contribution in [0.2, 0.25) is 0 Å². The van der Waals surface area contributed by atoms with E-state index in [-0.39, 0.29) is 6.04 Å². The largest absolute Gasteiger partial charge is 0.385 e. The third kappa shape index (κ3) is 1.86. The Labute approximate surface area is 94.2 Å². The smallest absolute Gasteiger partial charge is 0.202 e. The summed E-state index contributed by atoms with van der Waals surface area (Å²) in [6.07, 6.45) is 2.64. The molecule has 0 spiro atoms. The maximum Gasteiger partial charge on any atom is 0.202 e. The highest BCUT2D eigenvalue weighted by Crippen LogP contribution is 2.22. The molecule has 1 atom stereocenters. The number of nitrogen functional groups attached to an aromatic ring is 1. The molecule has 0 saturated heterocycles. The molecular formula is C11H16N4O. The average Bonchev–Trinajstić information content (AvgIpc) is 2.62. The molecule has 0 aromatic carbocycles. The Bertz CT molecular complexity index is 480. The van der Waals surface area contributed by atoms with Gasteiger partial charge < -0.3 is 10.5 Å². The quantitative estimate of drug-likeness (QED) is 0.850. The fourth-order valence-corrected chi connectivity index (χ4v) is 1.80. The predicted octanol–water partition coefficient (Wildman–Crippen LogP) is 1.61. The van der Waals surface area contributed by atoms with Gasteiger partial charge in [-0.05, 0) is 25.5 Å². The van der Waals surface area contributed by atoms with E-state index in [9.17, 15) is 0 Å². The standard InChI is InChI=1S/C11H16N4O/c1-8(5-7-16-2)15-10-9(14-11(15)12)4-3-6-13-10/h3-4,6,8H,5,7H2,1-2H3,(H2,12,14). The number of hydrogen-bond donors (Lipinski definition) is 1. The maximum absolute atomic E-state index is 5.90. The van der Waals surface area contributed by atoms with Crippen molar-refractivity contribution in [1.29, 1.82) is 0 Å². The zero-order valence-corrected chi connectivity index (χ0v) is 9.55. The third-order valence-corrected chi connectivity index (χ3v) is 2.66. The molecular weight excluding hydrogens is 204 g/mol. The Hall–Kier alpha value is -1.62. The highest BCUT2D eigenvalue weighted by Gasteiger charge is 2.14. The number of methoxy groups -OCH3 is 1. The van der Waals surface area contributed by atoms with Crippen molar-refractivity contribution in [3.63, 3.8) is 0 Å². The van der Waals surface area contributed by atoms with Gasteiger partial charge in [0.2, 0.25) is 5.95 Å². The average molecular weight is 220 g/mol. The molecule has 5 heteroatoms. The van der Waals surface area contributed by atoms with Gasteiger partial charge in [-0.2, -0.15) is 0 Å². The van der Waals surface area contributed by atoms with Crippen LogP contribution in [0.1, 0.15) is 19.4 Å². The van der Waals surface area contributed by atoms with Gasteiger partial charge in [-0.25, -0.2) is 9.97 Å². The molecule has 2 aromatic heterocycles. The van der Waals surface area contributed by atoms with Gasteiger partial charge in [0.05, 0.1) is 0 Å². The number of aromatic nitrogens is 3. The van der Waals surface area contributed by atoms with E-state index in [0.717, 1.165) is 17.6 Å². The highest BCUT2D eigenvalue weighted by atomic mass is 16.5. The predicted molar refractivity (Wildman–Crippen MR) is 63.1 cm³/mol. The number of rotatable bonds is 4. The fourth-order valence-electron chi connectivity index (χ4n) is 1.80. The van der Waals surface area contributed by atoms with Crippen LogP contribution in [0.15, 0.2) is 18.3 Å². The lowest BCUT2D eigenvalue weighted by atomic mass is 10.2. The van der Waals surface area contributed by atoms with E-state index >= 15 is 0 Å². The van der Waals surface area contributed by atoms with Crippen LogP contribution in [0.5, 0.6) is 0 Å². The molecule has 0 fully saturated rings. The van der Waals surface area contributed by atoms with Crippen LogP contribution in [-0.4, -0.2) is 28.3 Å². The maximum atomic E-state index is 5.90. The summed E-state index contributed by atoms with van der Waals surface area (Å²) in [6, 6.07) is 4.01. The Morgan fingerprint density at radius 1 is 1.56 bits per heavy atom. The third-order valence-electron chi connectivity index (χ3n) is 2.66. The lowest BCUT2D eigenvalue weighted by Gasteiger charge is -2.14. The summed E-state index contributed by atoms with van der Waals surface area (Å²) in [4.78, 5) is 8.59. The second-order valence-electron chi connectivity index (χ2n) is 3.82. The first-order chi connectivity index (χ1) is 7.74. The van der Waals surface area contributed by atoms with Gasteiger partial charge in [0, 0.05) is 26.0 Å². The zero-order valence-electron chi connectivity index (χ0n) is 9.55. The second-order valence-corrected chi connectivity index (χ2v) is 3.82. The van der Waals surface area contributed by atoms with Crippen LogP contribution in [0.3, 0.4) is 0 Å². The molecule has 5 nitrogen and oxygen atoms in total. The molecule has 0 radical (unpaired) electrons. The normalized spacial score (nSPS) is 13.1. The topological polar surface area (TPSA) is 66.0 Å². The van der Waals surface area contributed by atoms with E-state index in [1.54, 1.807) is 13.3 Å². The van der Waals surface area contributed by atoms with Crippen molar-refractivity contribution >= 4 is 17.1 Å². The van der Waals surface area contributed by atoms with E-state index < -0.39 is 0 Å². The van der Waals surface area contributed by atoms with Crippen molar-refractivity contribution in [2.75, 3.05) is 19.5 Å². The van der Waals surface area contributed by atoms with Crippen LogP contribution in [0.25, 0.3) is 11.2 Å². The second kappa shape index (κ2) is 4.49. The lowest BCUT2D eigenvalue weighted by Crippen LogP contribution is -2.11. The van der Waals surface area contributed by atoms with Crippen molar-refractivity contribution in [3.8, 4) is 0 Å². The fraction of sp³-hybridized carbons (Fsp3) is 0.455. The van der Waals surface area contributed by atoms with Gasteiger partial charge in [-0.15, -0.1) is 0 Å². The van der Waals surface area contributed by atoms with Crippen LogP contribution in [0, 0.1) is 0 Å². The van der Waals surface area contributed by atoms with Crippen molar-refractivity contribution in [2.24, 2.45) is 0 Å². The monoisotopic (exact) mass is 220 g/mol. The van der Waals surface area contributed by atoms with Crippen LogP contribution >= 0.6 is 0 Å². The molecule has 16 heavy (non-hydrogen) atoms. The summed E-state index contributed by atoms with van der Waals surface area (Å²) in [6.45, 7) is 2.79. The van der Waals surface area contributed by atoms with Gasteiger partial charge in [0.1, 0.15) is 5.52 Å². The SMILES string of the molecule is COCCC(C)n1c(N)nc2cccnc21. The van der Waals surface area contributed by atoms with Crippen LogP contribution < -0.4 is 5.73 Å². The van der Waals surface area contributed by atoms with Crippen LogP contribution in [0.4, 0.5) is 5.95 Å². The first kappa shape index (κ1) is 10.9. The number of hydrogen-bond acceptors (Lipinski definition) is 4. The van der Waals surface area contributed by atoms with Crippen molar-refractivity contribution < 1.29 is 4.74 Å². The molecule has 0 saturated carbocycles. The van der Waals surface area contributed by atoms with Crippen molar-refractivity contribution in [2.45, 2.75) is 19.4 Å². The minimum atomic E-state index is 0.236. The van der Waals surface area contributed by atoms with Gasteiger partial charge in [0.25, 0.3) is 0 Å². The minimum Gasteiger partial charge on any atom is -0.385 e. The molecule has 0 aliphatic rings. The summed E-state index contributed by atoms with van der Waals surface area (Å²) in [5.41, 5.74) is 7.57. The summed E-state index contributed by atoms with van der Waals surface area (Å²) >= 11 is 0. The van der Waals surface area contributed by atoms with Crippen molar-refractivity contribution in [1.82, 2.24) is 14.5 Å². The number of fused-ring (bicyclic) bond motifs is 1. The molecule has 0 amide bonds. The summed E-state index contributed by atoms with van der Waals surface area (Å²) in [7, 11) is 1.69. The molecule has 2 heterocycles. The number of ether oxygens (including phenoxy) is 1. The number of pyridine rings is 1. The van der Waals surface area contributed by atoms with Gasteiger partial charge in [0.15, 0.2) is 5.65 Å². The van der Waals surface area contributed by atoms with E-state index in [2.05, 4.69) is 16.9 Å². The zero-order chi connectivity index (χ0) is 11.5. The Balaban J connectivity index is 2.38. The number of imidazole rings is 1. The summed E-state index contributed by atoms with van der Waals surface area (Å²) in [5.74, 6) is 0.511. The van der Waals surface area contributed by atoms with E-state index in [1.807, 2.05) is 16.7 Å². The Morgan fingerprint density at radius 3 is 3.12 bits per heavy atom. The number of nitrogens with two attached hydrogens (primary N) is 1. The Kier molecular flexibility index (Phi) is 3.05. The molecule has 0 bridgehead atoms.